The molecule has 0 aliphatic rings. The van der Waals surface area contributed by atoms with Crippen molar-refractivity contribution < 1.29 is 13.2 Å². The van der Waals surface area contributed by atoms with E-state index in [1.807, 2.05) is 6.07 Å². The Balaban J connectivity index is 2.72. The van der Waals surface area contributed by atoms with Crippen molar-refractivity contribution in [1.29, 1.82) is 5.26 Å². The van der Waals surface area contributed by atoms with Crippen molar-refractivity contribution in [3.05, 3.63) is 34.9 Å². The van der Waals surface area contributed by atoms with E-state index in [1.165, 1.54) is 37.8 Å². The fourth-order valence-electron chi connectivity index (χ4n) is 3.41. The first-order valence-corrected chi connectivity index (χ1v) is 9.40. The van der Waals surface area contributed by atoms with E-state index in [4.69, 9.17) is 5.26 Å². The van der Waals surface area contributed by atoms with Crippen LogP contribution >= 0.6 is 0 Å². The second-order valence-corrected chi connectivity index (χ2v) is 7.19. The van der Waals surface area contributed by atoms with Crippen molar-refractivity contribution in [2.75, 3.05) is 0 Å². The van der Waals surface area contributed by atoms with E-state index >= 15 is 0 Å². The number of hydrogen-bond donors (Lipinski definition) is 0. The van der Waals surface area contributed by atoms with Crippen molar-refractivity contribution in [1.82, 2.24) is 0 Å². The molecule has 1 nitrogen and oxygen atoms in total. The summed E-state index contributed by atoms with van der Waals surface area (Å²) < 4.78 is 39.6. The quantitative estimate of drug-likeness (QED) is 0.410. The number of benzene rings is 1. The molecular formula is C21H30F3N. The number of halogens is 3. The summed E-state index contributed by atoms with van der Waals surface area (Å²) in [5.74, 6) is 1.08. The highest BCUT2D eigenvalue weighted by atomic mass is 19.4. The van der Waals surface area contributed by atoms with Gasteiger partial charge in [-0.3, -0.25) is 0 Å². The second-order valence-electron chi connectivity index (χ2n) is 7.19. The number of nitrogens with zero attached hydrogens (tertiary/aromatic N) is 1. The summed E-state index contributed by atoms with van der Waals surface area (Å²) in [6.45, 7) is 6.56. The molecule has 0 radical (unpaired) electrons. The third-order valence-electron chi connectivity index (χ3n) is 4.97. The number of alkyl halides is 3. The summed E-state index contributed by atoms with van der Waals surface area (Å²) in [5.41, 5.74) is -0.347. The molecule has 0 aromatic heterocycles. The Hall–Kier alpha value is -1.50. The topological polar surface area (TPSA) is 23.8 Å². The fraction of sp³-hybridized carbons (Fsp3) is 0.667. The third kappa shape index (κ3) is 7.10. The number of hydrogen-bond acceptors (Lipinski definition) is 1. The molecule has 0 spiro atoms. The predicted molar refractivity (Wildman–Crippen MR) is 96.2 cm³/mol. The molecule has 25 heavy (non-hydrogen) atoms. The van der Waals surface area contributed by atoms with Crippen LogP contribution in [-0.2, 0) is 12.6 Å². The molecule has 0 aliphatic heterocycles. The normalized spacial score (nSPS) is 13.0. The van der Waals surface area contributed by atoms with Gasteiger partial charge in [0.15, 0.2) is 0 Å². The molecule has 140 valence electrons. The molecule has 0 bridgehead atoms. The van der Waals surface area contributed by atoms with Crippen LogP contribution in [0.1, 0.15) is 82.4 Å². The average Bonchev–Trinajstić information content (AvgIpc) is 2.55. The summed E-state index contributed by atoms with van der Waals surface area (Å²) in [7, 11) is 0. The molecule has 0 amide bonds. The van der Waals surface area contributed by atoms with Crippen LogP contribution in [0, 0.1) is 23.2 Å². The maximum absolute atomic E-state index is 13.2. The van der Waals surface area contributed by atoms with Crippen LogP contribution < -0.4 is 0 Å². The van der Waals surface area contributed by atoms with Gasteiger partial charge in [0.25, 0.3) is 0 Å². The van der Waals surface area contributed by atoms with Gasteiger partial charge in [0, 0.05) is 0 Å². The monoisotopic (exact) mass is 353 g/mol. The molecular weight excluding hydrogens is 323 g/mol. The minimum Gasteiger partial charge on any atom is -0.192 e. The standard InChI is InChI=1S/C21H30F3N/c1-4-5-6-7-10-17(16(2)3)11-8-13-19-18(15-25)12-9-14-20(19)21(22,23)24/h9,12,14,16-17H,4-8,10-11,13H2,1-3H3. The molecule has 0 N–H and O–H groups in total. The Morgan fingerprint density at radius 2 is 1.72 bits per heavy atom. The molecule has 0 heterocycles. The van der Waals surface area contributed by atoms with E-state index in [1.54, 1.807) is 0 Å². The molecule has 1 rings (SSSR count). The molecule has 0 aliphatic carbocycles. The van der Waals surface area contributed by atoms with Crippen LogP contribution in [0.4, 0.5) is 13.2 Å². The van der Waals surface area contributed by atoms with Gasteiger partial charge in [0.1, 0.15) is 0 Å². The van der Waals surface area contributed by atoms with Crippen molar-refractivity contribution >= 4 is 0 Å². The lowest BCUT2D eigenvalue weighted by molar-refractivity contribution is -0.138. The molecule has 0 saturated heterocycles. The maximum atomic E-state index is 13.2. The SMILES string of the molecule is CCCCCCC(CCCc1c(C#N)cccc1C(F)(F)F)C(C)C. The Kier molecular flexibility index (Phi) is 9.03. The van der Waals surface area contributed by atoms with Crippen LogP contribution in [0.25, 0.3) is 0 Å². The van der Waals surface area contributed by atoms with Crippen molar-refractivity contribution in [3.63, 3.8) is 0 Å². The van der Waals surface area contributed by atoms with Gasteiger partial charge in [-0.2, -0.15) is 18.4 Å². The minimum absolute atomic E-state index is 0.152. The first kappa shape index (κ1) is 21.5. The van der Waals surface area contributed by atoms with E-state index in [-0.39, 0.29) is 11.1 Å². The zero-order chi connectivity index (χ0) is 18.9. The number of unbranched alkanes of at least 4 members (excludes halogenated alkanes) is 3. The molecule has 1 aromatic rings. The van der Waals surface area contributed by atoms with Gasteiger partial charge in [-0.05, 0) is 48.8 Å². The van der Waals surface area contributed by atoms with E-state index in [2.05, 4.69) is 20.8 Å². The summed E-state index contributed by atoms with van der Waals surface area (Å²) >= 11 is 0. The zero-order valence-corrected chi connectivity index (χ0v) is 15.6. The van der Waals surface area contributed by atoms with E-state index in [9.17, 15) is 13.2 Å². The maximum Gasteiger partial charge on any atom is 0.416 e. The third-order valence-corrected chi connectivity index (χ3v) is 4.97. The molecule has 1 unspecified atom stereocenters. The molecule has 1 aromatic carbocycles. The van der Waals surface area contributed by atoms with Crippen LogP contribution in [0.5, 0.6) is 0 Å². The Morgan fingerprint density at radius 3 is 2.28 bits per heavy atom. The lowest BCUT2D eigenvalue weighted by Gasteiger charge is -2.21. The number of rotatable bonds is 10. The molecule has 0 saturated carbocycles. The molecule has 0 fully saturated rings. The van der Waals surface area contributed by atoms with Gasteiger partial charge in [-0.15, -0.1) is 0 Å². The van der Waals surface area contributed by atoms with Gasteiger partial charge in [-0.25, -0.2) is 0 Å². The van der Waals surface area contributed by atoms with Gasteiger partial charge in [0.2, 0.25) is 0 Å². The number of nitriles is 1. The van der Waals surface area contributed by atoms with Gasteiger partial charge >= 0.3 is 6.18 Å². The lowest BCUT2D eigenvalue weighted by Crippen LogP contribution is -2.12. The molecule has 1 atom stereocenters. The highest BCUT2D eigenvalue weighted by Crippen LogP contribution is 2.34. The first-order valence-electron chi connectivity index (χ1n) is 9.40. The smallest absolute Gasteiger partial charge is 0.192 e. The van der Waals surface area contributed by atoms with Gasteiger partial charge in [0.05, 0.1) is 17.2 Å². The fourth-order valence-corrected chi connectivity index (χ4v) is 3.41. The average molecular weight is 353 g/mol. The van der Waals surface area contributed by atoms with Crippen LogP contribution in [0.15, 0.2) is 18.2 Å². The first-order chi connectivity index (χ1) is 11.8. The highest BCUT2D eigenvalue weighted by molar-refractivity contribution is 5.44. The van der Waals surface area contributed by atoms with Gasteiger partial charge in [-0.1, -0.05) is 58.9 Å². The van der Waals surface area contributed by atoms with E-state index < -0.39 is 11.7 Å². The van der Waals surface area contributed by atoms with Crippen LogP contribution in [0.3, 0.4) is 0 Å². The Bertz CT molecular complexity index is 555. The lowest BCUT2D eigenvalue weighted by atomic mass is 9.85. The summed E-state index contributed by atoms with van der Waals surface area (Å²) in [4.78, 5) is 0. The minimum atomic E-state index is -4.40. The van der Waals surface area contributed by atoms with Crippen molar-refractivity contribution in [2.45, 2.75) is 78.3 Å². The van der Waals surface area contributed by atoms with Crippen molar-refractivity contribution in [2.24, 2.45) is 11.8 Å². The summed E-state index contributed by atoms with van der Waals surface area (Å²) in [6, 6.07) is 5.80. The van der Waals surface area contributed by atoms with E-state index in [0.29, 0.717) is 24.7 Å². The van der Waals surface area contributed by atoms with Gasteiger partial charge < -0.3 is 0 Å². The summed E-state index contributed by atoms with van der Waals surface area (Å²) in [5, 5.41) is 9.15. The predicted octanol–water partition coefficient (Wildman–Crippen LogP) is 7.14. The Labute approximate surface area is 150 Å². The van der Waals surface area contributed by atoms with E-state index in [0.717, 1.165) is 18.9 Å². The highest BCUT2D eigenvalue weighted by Gasteiger charge is 2.34. The van der Waals surface area contributed by atoms with Crippen LogP contribution in [-0.4, -0.2) is 0 Å². The Morgan fingerprint density at radius 1 is 1.04 bits per heavy atom. The largest absolute Gasteiger partial charge is 0.416 e. The van der Waals surface area contributed by atoms with Crippen molar-refractivity contribution in [3.8, 4) is 6.07 Å². The zero-order valence-electron chi connectivity index (χ0n) is 15.6. The molecule has 4 heteroatoms. The second kappa shape index (κ2) is 10.5. The summed E-state index contributed by atoms with van der Waals surface area (Å²) in [6.07, 6.45) is 3.54. The van der Waals surface area contributed by atoms with Crippen LogP contribution in [0.2, 0.25) is 0 Å².